The summed E-state index contributed by atoms with van der Waals surface area (Å²) in [5.74, 6) is 0. The lowest BCUT2D eigenvalue weighted by Gasteiger charge is -2.05. The smallest absolute Gasteiger partial charge is 0.199 e. The Morgan fingerprint density at radius 1 is 0.952 bits per heavy atom. The summed E-state index contributed by atoms with van der Waals surface area (Å²) in [6.07, 6.45) is 1.43. The van der Waals surface area contributed by atoms with Crippen molar-refractivity contribution in [3.8, 4) is 11.3 Å². The number of hydrogen-bond acceptors (Lipinski definition) is 4. The molecule has 0 aliphatic carbocycles. The molecule has 5 nitrogen and oxygen atoms in total. The minimum Gasteiger partial charge on any atom is -0.199 e. The van der Waals surface area contributed by atoms with E-state index in [4.69, 9.17) is 0 Å². The minimum absolute atomic E-state index is 0.231. The Kier molecular flexibility index (Phi) is 3.31. The number of aryl methyl sites for hydroxylation is 1. The first-order chi connectivity index (χ1) is 10.1. The van der Waals surface area contributed by atoms with Gasteiger partial charge in [0.25, 0.3) is 10.0 Å². The first kappa shape index (κ1) is 13.5. The zero-order valence-electron chi connectivity index (χ0n) is 11.3. The second-order valence-electron chi connectivity index (χ2n) is 4.61. The highest BCUT2D eigenvalue weighted by atomic mass is 32.2. The fraction of sp³-hybridized carbons (Fsp3) is 0.0667. The SMILES string of the molecule is Cc1ccccc1S(=O)(=O)n1cc(-c2ccccc2)nn1. The second kappa shape index (κ2) is 5.14. The molecule has 0 aliphatic heterocycles. The topological polar surface area (TPSA) is 64.8 Å². The Labute approximate surface area is 122 Å². The summed E-state index contributed by atoms with van der Waals surface area (Å²) in [5, 5.41) is 7.70. The largest absolute Gasteiger partial charge is 0.284 e. The molecule has 1 aromatic heterocycles. The maximum atomic E-state index is 12.6. The standard InChI is InChI=1S/C15H13N3O2S/c1-12-7-5-6-10-15(12)21(19,20)18-11-14(16-17-18)13-8-3-2-4-9-13/h2-11H,1H3. The lowest BCUT2D eigenvalue weighted by atomic mass is 10.2. The maximum absolute atomic E-state index is 12.6. The fourth-order valence-electron chi connectivity index (χ4n) is 2.05. The quantitative estimate of drug-likeness (QED) is 0.745. The van der Waals surface area contributed by atoms with E-state index in [0.717, 1.165) is 9.65 Å². The number of benzene rings is 2. The van der Waals surface area contributed by atoms with E-state index >= 15 is 0 Å². The van der Waals surface area contributed by atoms with Crippen molar-refractivity contribution in [3.05, 3.63) is 66.4 Å². The second-order valence-corrected chi connectivity index (χ2v) is 6.38. The number of hydrogen-bond donors (Lipinski definition) is 0. The number of aromatic nitrogens is 3. The maximum Gasteiger partial charge on any atom is 0.284 e. The van der Waals surface area contributed by atoms with E-state index in [1.54, 1.807) is 31.2 Å². The van der Waals surface area contributed by atoms with E-state index in [2.05, 4.69) is 10.3 Å². The lowest BCUT2D eigenvalue weighted by Crippen LogP contribution is -2.14. The van der Waals surface area contributed by atoms with Crippen molar-refractivity contribution >= 4 is 10.0 Å². The Balaban J connectivity index is 2.06. The van der Waals surface area contributed by atoms with Gasteiger partial charge in [-0.2, -0.15) is 8.42 Å². The summed E-state index contributed by atoms with van der Waals surface area (Å²) >= 11 is 0. The van der Waals surface area contributed by atoms with E-state index in [9.17, 15) is 8.42 Å². The van der Waals surface area contributed by atoms with Crippen LogP contribution >= 0.6 is 0 Å². The molecule has 0 atom stereocenters. The molecule has 0 radical (unpaired) electrons. The molecular weight excluding hydrogens is 286 g/mol. The molecule has 3 aromatic rings. The van der Waals surface area contributed by atoms with Gasteiger partial charge in [-0.3, -0.25) is 0 Å². The van der Waals surface area contributed by atoms with Gasteiger partial charge in [0.1, 0.15) is 5.69 Å². The third kappa shape index (κ3) is 2.45. The first-order valence-electron chi connectivity index (χ1n) is 6.38. The van der Waals surface area contributed by atoms with Crippen LogP contribution in [0.15, 0.2) is 65.7 Å². The third-order valence-electron chi connectivity index (χ3n) is 3.16. The molecule has 0 unspecified atom stereocenters. The number of nitrogens with zero attached hydrogens (tertiary/aromatic N) is 3. The zero-order chi connectivity index (χ0) is 14.9. The Morgan fingerprint density at radius 2 is 1.62 bits per heavy atom. The van der Waals surface area contributed by atoms with Crippen molar-refractivity contribution in [2.75, 3.05) is 0 Å². The predicted octanol–water partition coefficient (Wildman–Crippen LogP) is 2.49. The first-order valence-corrected chi connectivity index (χ1v) is 7.82. The molecule has 0 aliphatic rings. The highest BCUT2D eigenvalue weighted by Gasteiger charge is 2.21. The monoisotopic (exact) mass is 299 g/mol. The van der Waals surface area contributed by atoms with Gasteiger partial charge in [-0.25, -0.2) is 0 Å². The van der Waals surface area contributed by atoms with Crippen molar-refractivity contribution < 1.29 is 8.42 Å². The normalized spacial score (nSPS) is 11.5. The molecular formula is C15H13N3O2S. The van der Waals surface area contributed by atoms with Crippen molar-refractivity contribution in [3.63, 3.8) is 0 Å². The van der Waals surface area contributed by atoms with Crippen LogP contribution in [-0.2, 0) is 10.0 Å². The molecule has 3 rings (SSSR count). The van der Waals surface area contributed by atoms with E-state index < -0.39 is 10.0 Å². The van der Waals surface area contributed by atoms with Crippen LogP contribution in [0.25, 0.3) is 11.3 Å². The van der Waals surface area contributed by atoms with Gasteiger partial charge in [0.2, 0.25) is 0 Å². The van der Waals surface area contributed by atoms with Crippen molar-refractivity contribution in [1.29, 1.82) is 0 Å². The minimum atomic E-state index is -3.71. The summed E-state index contributed by atoms with van der Waals surface area (Å²) in [6.45, 7) is 1.75. The van der Waals surface area contributed by atoms with Crippen LogP contribution in [0.2, 0.25) is 0 Å². The molecule has 1 heterocycles. The lowest BCUT2D eigenvalue weighted by molar-refractivity contribution is 0.576. The summed E-state index contributed by atoms with van der Waals surface area (Å²) in [4.78, 5) is 0.231. The molecule has 2 aromatic carbocycles. The van der Waals surface area contributed by atoms with Crippen molar-refractivity contribution in [2.24, 2.45) is 0 Å². The Hall–Kier alpha value is -2.47. The van der Waals surface area contributed by atoms with Gasteiger partial charge < -0.3 is 0 Å². The summed E-state index contributed by atoms with van der Waals surface area (Å²) in [7, 11) is -3.71. The van der Waals surface area contributed by atoms with Crippen LogP contribution in [0.4, 0.5) is 0 Å². The average Bonchev–Trinajstić information content (AvgIpc) is 2.99. The van der Waals surface area contributed by atoms with Gasteiger partial charge >= 0.3 is 0 Å². The molecule has 0 bridgehead atoms. The molecule has 0 amide bonds. The van der Waals surface area contributed by atoms with E-state index in [0.29, 0.717) is 11.3 Å². The molecule has 21 heavy (non-hydrogen) atoms. The third-order valence-corrected chi connectivity index (χ3v) is 4.85. The highest BCUT2D eigenvalue weighted by molar-refractivity contribution is 7.89. The van der Waals surface area contributed by atoms with Gasteiger partial charge in [-0.05, 0) is 18.6 Å². The molecule has 0 fully saturated rings. The van der Waals surface area contributed by atoms with Crippen LogP contribution in [0, 0.1) is 6.92 Å². The summed E-state index contributed by atoms with van der Waals surface area (Å²) in [6, 6.07) is 16.1. The molecule has 0 N–H and O–H groups in total. The fourth-order valence-corrected chi connectivity index (χ4v) is 3.35. The average molecular weight is 299 g/mol. The summed E-state index contributed by atoms with van der Waals surface area (Å²) < 4.78 is 26.0. The van der Waals surface area contributed by atoms with Gasteiger partial charge in [-0.1, -0.05) is 53.7 Å². The van der Waals surface area contributed by atoms with Crippen LogP contribution in [0.3, 0.4) is 0 Å². The van der Waals surface area contributed by atoms with Gasteiger partial charge in [0.05, 0.1) is 11.1 Å². The Morgan fingerprint density at radius 3 is 2.33 bits per heavy atom. The molecule has 0 saturated carbocycles. The van der Waals surface area contributed by atoms with Crippen molar-refractivity contribution in [1.82, 2.24) is 14.4 Å². The van der Waals surface area contributed by atoms with Crippen LogP contribution in [0.1, 0.15) is 5.56 Å². The van der Waals surface area contributed by atoms with E-state index in [1.807, 2.05) is 30.3 Å². The number of rotatable bonds is 3. The molecule has 106 valence electrons. The van der Waals surface area contributed by atoms with Crippen LogP contribution in [-0.4, -0.2) is 22.8 Å². The van der Waals surface area contributed by atoms with Crippen LogP contribution in [0.5, 0.6) is 0 Å². The summed E-state index contributed by atoms with van der Waals surface area (Å²) in [5.41, 5.74) is 2.02. The van der Waals surface area contributed by atoms with Gasteiger partial charge in [0, 0.05) is 5.56 Å². The van der Waals surface area contributed by atoms with Gasteiger partial charge in [0.15, 0.2) is 0 Å². The predicted molar refractivity (Wildman–Crippen MR) is 79.2 cm³/mol. The zero-order valence-corrected chi connectivity index (χ0v) is 12.2. The molecule has 0 saturated heterocycles. The van der Waals surface area contributed by atoms with Crippen LogP contribution < -0.4 is 0 Å². The molecule has 6 heteroatoms. The Bertz CT molecular complexity index is 871. The van der Waals surface area contributed by atoms with E-state index in [-0.39, 0.29) is 4.90 Å². The highest BCUT2D eigenvalue weighted by Crippen LogP contribution is 2.20. The van der Waals surface area contributed by atoms with Gasteiger partial charge in [-0.15, -0.1) is 9.19 Å². The molecule has 0 spiro atoms. The van der Waals surface area contributed by atoms with Crippen molar-refractivity contribution in [2.45, 2.75) is 11.8 Å². The van der Waals surface area contributed by atoms with E-state index in [1.165, 1.54) is 6.20 Å².